The van der Waals surface area contributed by atoms with Gasteiger partial charge in [-0.1, -0.05) is 0 Å². The molecule has 0 atom stereocenters. The van der Waals surface area contributed by atoms with Crippen molar-refractivity contribution in [2.75, 3.05) is 0 Å². The Morgan fingerprint density at radius 2 is 1.93 bits per heavy atom. The van der Waals surface area contributed by atoms with Crippen molar-refractivity contribution in [1.29, 1.82) is 5.26 Å². The summed E-state index contributed by atoms with van der Waals surface area (Å²) < 4.78 is 36.3. The van der Waals surface area contributed by atoms with Crippen LogP contribution < -0.4 is 29.6 Å². The van der Waals surface area contributed by atoms with Gasteiger partial charge in [-0.25, -0.2) is 0 Å². The van der Waals surface area contributed by atoms with Gasteiger partial charge in [-0.3, -0.25) is 0 Å². The summed E-state index contributed by atoms with van der Waals surface area (Å²) >= 11 is 3.76. The molecule has 1 aromatic rings. The molecule has 0 fully saturated rings. The van der Waals surface area contributed by atoms with E-state index in [9.17, 15) is 13.2 Å². The third kappa shape index (κ3) is 3.21. The first-order valence-electron chi connectivity index (χ1n) is 3.25. The average Bonchev–Trinajstić information content (AvgIpc) is 2.02. The molecule has 1 aromatic carbocycles. The standard InChI is InChI=1S/C8H4F3NS.Na.H/c9-8(10,11)6-2-1-5(4-12)7(13)3-6;;/h1-3,13H;;/q;+1;-1. The molecule has 6 heteroatoms. The van der Waals surface area contributed by atoms with E-state index in [1.54, 1.807) is 6.07 Å². The summed E-state index contributed by atoms with van der Waals surface area (Å²) in [6.07, 6.45) is -4.38. The van der Waals surface area contributed by atoms with Crippen molar-refractivity contribution in [2.24, 2.45) is 0 Å². The van der Waals surface area contributed by atoms with Gasteiger partial charge in [0.2, 0.25) is 0 Å². The number of rotatable bonds is 0. The van der Waals surface area contributed by atoms with Gasteiger partial charge in [-0.15, -0.1) is 12.6 Å². The van der Waals surface area contributed by atoms with E-state index in [1.165, 1.54) is 0 Å². The van der Waals surface area contributed by atoms with Gasteiger partial charge in [0.1, 0.15) is 6.07 Å². The summed E-state index contributed by atoms with van der Waals surface area (Å²) in [6, 6.07) is 4.53. The van der Waals surface area contributed by atoms with Gasteiger partial charge in [-0.05, 0) is 18.2 Å². The van der Waals surface area contributed by atoms with Crippen LogP contribution in [0.4, 0.5) is 13.2 Å². The molecule has 0 aliphatic rings. The minimum Gasteiger partial charge on any atom is -1.00 e. The Bertz CT molecular complexity index is 375. The Labute approximate surface area is 108 Å². The number of halogens is 3. The zero-order chi connectivity index (χ0) is 10.1. The second kappa shape index (κ2) is 5.08. The smallest absolute Gasteiger partial charge is 1.00 e. The Balaban J connectivity index is 0. The molecule has 1 nitrogen and oxygen atoms in total. The first-order valence-corrected chi connectivity index (χ1v) is 3.70. The summed E-state index contributed by atoms with van der Waals surface area (Å²) in [5.74, 6) is 0. The summed E-state index contributed by atoms with van der Waals surface area (Å²) in [7, 11) is 0. The molecule has 0 saturated heterocycles. The Morgan fingerprint density at radius 3 is 2.29 bits per heavy atom. The van der Waals surface area contributed by atoms with E-state index < -0.39 is 11.7 Å². The van der Waals surface area contributed by atoms with Gasteiger partial charge in [-0.2, -0.15) is 18.4 Å². The zero-order valence-corrected chi connectivity index (χ0v) is 10.2. The molecule has 0 saturated carbocycles. The Kier molecular flexibility index (Phi) is 5.02. The molecule has 0 heterocycles. The zero-order valence-electron chi connectivity index (χ0n) is 8.26. The molecule has 1 rings (SSSR count). The second-order valence-corrected chi connectivity index (χ2v) is 2.82. The number of nitriles is 1. The average molecular weight is 227 g/mol. The summed E-state index contributed by atoms with van der Waals surface area (Å²) in [6.45, 7) is 0. The quantitative estimate of drug-likeness (QED) is 0.489. The largest absolute Gasteiger partial charge is 1.00 e. The van der Waals surface area contributed by atoms with Gasteiger partial charge in [0.15, 0.2) is 0 Å². The molecule has 0 bridgehead atoms. The maximum atomic E-state index is 12.1. The van der Waals surface area contributed by atoms with E-state index in [4.69, 9.17) is 5.26 Å². The number of nitrogens with zero attached hydrogens (tertiary/aromatic N) is 1. The topological polar surface area (TPSA) is 23.8 Å². The van der Waals surface area contributed by atoms with Crippen LogP contribution in [0.15, 0.2) is 23.1 Å². The van der Waals surface area contributed by atoms with Crippen molar-refractivity contribution in [3.8, 4) is 6.07 Å². The van der Waals surface area contributed by atoms with Crippen LogP contribution in [0, 0.1) is 11.3 Å². The number of thiol groups is 1. The molecule has 14 heavy (non-hydrogen) atoms. The Morgan fingerprint density at radius 1 is 1.36 bits per heavy atom. The van der Waals surface area contributed by atoms with Crippen LogP contribution in [0.1, 0.15) is 12.6 Å². The minimum absolute atomic E-state index is 0. The van der Waals surface area contributed by atoms with Crippen LogP contribution in [0.2, 0.25) is 0 Å². The van der Waals surface area contributed by atoms with Crippen molar-refractivity contribution in [1.82, 2.24) is 0 Å². The fourth-order valence-electron chi connectivity index (χ4n) is 0.803. The fourth-order valence-corrected chi connectivity index (χ4v) is 1.07. The molecule has 0 amide bonds. The minimum atomic E-state index is -4.38. The van der Waals surface area contributed by atoms with E-state index >= 15 is 0 Å². The first kappa shape index (κ1) is 13.8. The van der Waals surface area contributed by atoms with E-state index in [1.807, 2.05) is 0 Å². The SMILES string of the molecule is N#Cc1ccc(C(F)(F)F)cc1S.[H-].[Na+]. The van der Waals surface area contributed by atoms with Crippen molar-refractivity contribution < 1.29 is 44.2 Å². The third-order valence-corrected chi connectivity index (χ3v) is 1.82. The summed E-state index contributed by atoms with van der Waals surface area (Å²) in [4.78, 5) is 0.0392. The van der Waals surface area contributed by atoms with Crippen LogP contribution in [0.25, 0.3) is 0 Å². The van der Waals surface area contributed by atoms with Gasteiger partial charge in [0.05, 0.1) is 11.1 Å². The molecule has 0 unspecified atom stereocenters. The monoisotopic (exact) mass is 227 g/mol. The van der Waals surface area contributed by atoms with Crippen LogP contribution in [0.5, 0.6) is 0 Å². The number of hydrogen-bond donors (Lipinski definition) is 1. The number of alkyl halides is 3. The molecule has 0 aliphatic carbocycles. The third-order valence-electron chi connectivity index (χ3n) is 1.45. The van der Waals surface area contributed by atoms with Crippen LogP contribution in [-0.2, 0) is 6.18 Å². The molecule has 0 aromatic heterocycles. The molecular formula is C8H5F3NNaS. The molecule has 70 valence electrons. The predicted octanol–water partition coefficient (Wildman–Crippen LogP) is -0.0177. The van der Waals surface area contributed by atoms with E-state index in [-0.39, 0.29) is 41.4 Å². The van der Waals surface area contributed by atoms with Gasteiger partial charge >= 0.3 is 35.7 Å². The van der Waals surface area contributed by atoms with Gasteiger partial charge in [0.25, 0.3) is 0 Å². The second-order valence-electron chi connectivity index (χ2n) is 2.34. The van der Waals surface area contributed by atoms with Crippen LogP contribution >= 0.6 is 12.6 Å². The fraction of sp³-hybridized carbons (Fsp3) is 0.125. The Hall–Kier alpha value is -0.150. The molecule has 0 radical (unpaired) electrons. The maximum absolute atomic E-state index is 12.1. The normalized spacial score (nSPS) is 10.2. The molecule has 0 aliphatic heterocycles. The van der Waals surface area contributed by atoms with Crippen molar-refractivity contribution >= 4 is 12.6 Å². The summed E-state index contributed by atoms with van der Waals surface area (Å²) in [5, 5.41) is 8.43. The summed E-state index contributed by atoms with van der Waals surface area (Å²) in [5.41, 5.74) is -0.659. The van der Waals surface area contributed by atoms with Crippen LogP contribution in [-0.4, -0.2) is 0 Å². The van der Waals surface area contributed by atoms with Crippen molar-refractivity contribution in [3.63, 3.8) is 0 Å². The van der Waals surface area contributed by atoms with Gasteiger partial charge < -0.3 is 1.43 Å². The van der Waals surface area contributed by atoms with Crippen molar-refractivity contribution in [3.05, 3.63) is 29.3 Å². The van der Waals surface area contributed by atoms with Gasteiger partial charge in [0, 0.05) is 4.90 Å². The predicted molar refractivity (Wildman–Crippen MR) is 44.5 cm³/mol. The van der Waals surface area contributed by atoms with E-state index in [2.05, 4.69) is 12.6 Å². The van der Waals surface area contributed by atoms with E-state index in [0.29, 0.717) is 0 Å². The molecule has 0 spiro atoms. The van der Waals surface area contributed by atoms with Crippen LogP contribution in [0.3, 0.4) is 0 Å². The van der Waals surface area contributed by atoms with Crippen molar-refractivity contribution in [2.45, 2.75) is 11.1 Å². The molecule has 0 N–H and O–H groups in total. The maximum Gasteiger partial charge on any atom is 1.00 e. The number of hydrogen-bond acceptors (Lipinski definition) is 2. The number of benzene rings is 1. The molecular weight excluding hydrogens is 222 g/mol. The van der Waals surface area contributed by atoms with E-state index in [0.717, 1.165) is 18.2 Å². The first-order chi connectivity index (χ1) is 5.95.